The van der Waals surface area contributed by atoms with E-state index in [2.05, 4.69) is 0 Å². The van der Waals surface area contributed by atoms with E-state index < -0.39 is 0 Å². The van der Waals surface area contributed by atoms with Crippen LogP contribution in [0.5, 0.6) is 0 Å². The van der Waals surface area contributed by atoms with Gasteiger partial charge in [-0.05, 0) is 24.3 Å². The normalized spacial score (nSPS) is 10.5. The van der Waals surface area contributed by atoms with E-state index in [9.17, 15) is 0 Å². The number of hydrogen-bond donors (Lipinski definition) is 2. The van der Waals surface area contributed by atoms with Crippen LogP contribution in [-0.4, -0.2) is 12.9 Å². The summed E-state index contributed by atoms with van der Waals surface area (Å²) in [6.07, 6.45) is 0. The standard InChI is InChI=1S/C13H13Cl2N3S/c1-18(7-8-5-6-11(15)19-8)10-4-2-3-9(14)12(10)13(16)17/h2-6H,7H2,1H3,(H3,16,17). The lowest BCUT2D eigenvalue weighted by Gasteiger charge is -2.22. The summed E-state index contributed by atoms with van der Waals surface area (Å²) < 4.78 is 0.765. The molecule has 0 unspecified atom stereocenters. The van der Waals surface area contributed by atoms with E-state index in [-0.39, 0.29) is 5.84 Å². The predicted octanol–water partition coefficient (Wildman–Crippen LogP) is 3.98. The van der Waals surface area contributed by atoms with Crippen molar-refractivity contribution in [1.82, 2.24) is 0 Å². The summed E-state index contributed by atoms with van der Waals surface area (Å²) in [4.78, 5) is 3.15. The summed E-state index contributed by atoms with van der Waals surface area (Å²) in [5.41, 5.74) is 7.01. The fourth-order valence-electron chi connectivity index (χ4n) is 1.85. The minimum Gasteiger partial charge on any atom is -0.384 e. The molecule has 0 radical (unpaired) electrons. The number of hydrogen-bond acceptors (Lipinski definition) is 3. The molecular weight excluding hydrogens is 301 g/mol. The van der Waals surface area contributed by atoms with Crippen molar-refractivity contribution in [2.75, 3.05) is 11.9 Å². The van der Waals surface area contributed by atoms with Crippen LogP contribution in [0, 0.1) is 5.41 Å². The predicted molar refractivity (Wildman–Crippen MR) is 83.9 cm³/mol. The first-order chi connectivity index (χ1) is 8.99. The second kappa shape index (κ2) is 5.82. The maximum absolute atomic E-state index is 7.64. The van der Waals surface area contributed by atoms with Gasteiger partial charge in [-0.15, -0.1) is 11.3 Å². The third-order valence-electron chi connectivity index (χ3n) is 2.69. The van der Waals surface area contributed by atoms with Gasteiger partial charge in [0.25, 0.3) is 0 Å². The molecule has 0 amide bonds. The van der Waals surface area contributed by atoms with Gasteiger partial charge in [-0.2, -0.15) is 0 Å². The molecule has 2 rings (SSSR count). The fourth-order valence-corrected chi connectivity index (χ4v) is 3.27. The van der Waals surface area contributed by atoms with E-state index in [4.69, 9.17) is 34.3 Å². The highest BCUT2D eigenvalue weighted by Crippen LogP contribution is 2.29. The molecule has 6 heteroatoms. The Labute approximate surface area is 126 Å². The summed E-state index contributed by atoms with van der Waals surface area (Å²) in [5.74, 6) is -0.0309. The van der Waals surface area contributed by atoms with Gasteiger partial charge in [-0.25, -0.2) is 0 Å². The largest absolute Gasteiger partial charge is 0.384 e. The van der Waals surface area contributed by atoms with Gasteiger partial charge in [0.15, 0.2) is 0 Å². The van der Waals surface area contributed by atoms with Crippen molar-refractivity contribution in [2.24, 2.45) is 5.73 Å². The SMILES string of the molecule is CN(Cc1ccc(Cl)s1)c1cccc(Cl)c1C(=N)N. The Balaban J connectivity index is 2.31. The van der Waals surface area contributed by atoms with Crippen molar-refractivity contribution in [3.63, 3.8) is 0 Å². The number of thiophene rings is 1. The summed E-state index contributed by atoms with van der Waals surface area (Å²) in [6.45, 7) is 0.692. The van der Waals surface area contributed by atoms with Crippen molar-refractivity contribution >= 4 is 46.1 Å². The maximum atomic E-state index is 7.64. The Hall–Kier alpha value is -1.23. The second-order valence-corrected chi connectivity index (χ2v) is 6.32. The van der Waals surface area contributed by atoms with Gasteiger partial charge in [0.2, 0.25) is 0 Å². The van der Waals surface area contributed by atoms with E-state index in [1.54, 1.807) is 6.07 Å². The lowest BCUT2D eigenvalue weighted by atomic mass is 10.1. The van der Waals surface area contributed by atoms with Gasteiger partial charge in [-0.3, -0.25) is 5.41 Å². The molecule has 0 bridgehead atoms. The minimum absolute atomic E-state index is 0.0309. The molecule has 1 heterocycles. The van der Waals surface area contributed by atoms with Crippen LogP contribution in [0.4, 0.5) is 5.69 Å². The monoisotopic (exact) mass is 313 g/mol. The molecule has 1 aromatic carbocycles. The zero-order valence-corrected chi connectivity index (χ0v) is 12.6. The summed E-state index contributed by atoms with van der Waals surface area (Å²) >= 11 is 13.6. The number of rotatable bonds is 4. The zero-order chi connectivity index (χ0) is 14.0. The van der Waals surface area contributed by atoms with E-state index in [0.29, 0.717) is 17.1 Å². The number of halogens is 2. The zero-order valence-electron chi connectivity index (χ0n) is 10.3. The third kappa shape index (κ3) is 3.21. The number of anilines is 1. The van der Waals surface area contributed by atoms with Crippen molar-refractivity contribution in [3.8, 4) is 0 Å². The first-order valence-electron chi connectivity index (χ1n) is 5.57. The van der Waals surface area contributed by atoms with Crippen LogP contribution in [0.3, 0.4) is 0 Å². The first-order valence-corrected chi connectivity index (χ1v) is 7.14. The van der Waals surface area contributed by atoms with Crippen LogP contribution < -0.4 is 10.6 Å². The number of nitrogens with two attached hydrogens (primary N) is 1. The second-order valence-electron chi connectivity index (χ2n) is 4.11. The Kier molecular flexibility index (Phi) is 4.34. The summed E-state index contributed by atoms with van der Waals surface area (Å²) in [6, 6.07) is 9.35. The lowest BCUT2D eigenvalue weighted by molar-refractivity contribution is 0.938. The Morgan fingerprint density at radius 3 is 2.63 bits per heavy atom. The van der Waals surface area contributed by atoms with Gasteiger partial charge in [0.1, 0.15) is 5.84 Å². The summed E-state index contributed by atoms with van der Waals surface area (Å²) in [7, 11) is 1.94. The van der Waals surface area contributed by atoms with Crippen molar-refractivity contribution < 1.29 is 0 Å². The molecular formula is C13H13Cl2N3S. The molecule has 0 saturated heterocycles. The maximum Gasteiger partial charge on any atom is 0.126 e. The van der Waals surface area contributed by atoms with Crippen molar-refractivity contribution in [1.29, 1.82) is 5.41 Å². The summed E-state index contributed by atoms with van der Waals surface area (Å²) in [5, 5.41) is 8.13. The van der Waals surface area contributed by atoms with Crippen LogP contribution in [0.15, 0.2) is 30.3 Å². The van der Waals surface area contributed by atoms with E-state index in [1.165, 1.54) is 11.3 Å². The Bertz CT molecular complexity index is 610. The molecule has 0 aliphatic carbocycles. The molecule has 0 saturated carbocycles. The van der Waals surface area contributed by atoms with E-state index in [0.717, 1.165) is 14.9 Å². The van der Waals surface area contributed by atoms with Crippen LogP contribution in [0.1, 0.15) is 10.4 Å². The van der Waals surface area contributed by atoms with Crippen molar-refractivity contribution in [3.05, 3.63) is 50.1 Å². The fraction of sp³-hybridized carbons (Fsp3) is 0.154. The Morgan fingerprint density at radius 2 is 2.05 bits per heavy atom. The highest BCUT2D eigenvalue weighted by atomic mass is 35.5. The molecule has 100 valence electrons. The molecule has 3 N–H and O–H groups in total. The quantitative estimate of drug-likeness (QED) is 0.662. The van der Waals surface area contributed by atoms with Crippen LogP contribution in [0.2, 0.25) is 9.36 Å². The van der Waals surface area contributed by atoms with Gasteiger partial charge < -0.3 is 10.6 Å². The average Bonchev–Trinajstić information content (AvgIpc) is 2.73. The van der Waals surface area contributed by atoms with Crippen molar-refractivity contribution in [2.45, 2.75) is 6.54 Å². The van der Waals surface area contributed by atoms with Crippen LogP contribution in [-0.2, 0) is 6.54 Å². The molecule has 0 atom stereocenters. The number of nitrogens with zero attached hydrogens (tertiary/aromatic N) is 1. The number of amidine groups is 1. The van der Waals surface area contributed by atoms with Crippen LogP contribution in [0.25, 0.3) is 0 Å². The van der Waals surface area contributed by atoms with E-state index in [1.807, 2.05) is 36.2 Å². The topological polar surface area (TPSA) is 53.1 Å². The molecule has 1 aromatic heterocycles. The lowest BCUT2D eigenvalue weighted by Crippen LogP contribution is -2.22. The minimum atomic E-state index is -0.0309. The third-order valence-corrected chi connectivity index (χ3v) is 4.22. The Morgan fingerprint density at radius 1 is 1.32 bits per heavy atom. The van der Waals surface area contributed by atoms with Gasteiger partial charge in [0, 0.05) is 17.6 Å². The smallest absolute Gasteiger partial charge is 0.126 e. The molecule has 0 fully saturated rings. The molecule has 0 aliphatic rings. The number of benzene rings is 1. The van der Waals surface area contributed by atoms with Gasteiger partial charge in [-0.1, -0.05) is 29.3 Å². The van der Waals surface area contributed by atoms with Gasteiger partial charge in [0.05, 0.1) is 21.5 Å². The highest BCUT2D eigenvalue weighted by Gasteiger charge is 2.14. The number of nitrogens with one attached hydrogen (secondary N) is 1. The number of nitrogen functional groups attached to an aromatic ring is 1. The average molecular weight is 314 g/mol. The molecule has 0 aliphatic heterocycles. The van der Waals surface area contributed by atoms with Gasteiger partial charge >= 0.3 is 0 Å². The molecule has 0 spiro atoms. The van der Waals surface area contributed by atoms with Crippen LogP contribution >= 0.6 is 34.5 Å². The molecule has 3 nitrogen and oxygen atoms in total. The highest BCUT2D eigenvalue weighted by molar-refractivity contribution is 7.16. The molecule has 19 heavy (non-hydrogen) atoms. The first kappa shape index (κ1) is 14.2. The van der Waals surface area contributed by atoms with E-state index >= 15 is 0 Å². The molecule has 2 aromatic rings.